The molecule has 2 rings (SSSR count). The molecule has 0 saturated carbocycles. The van der Waals surface area contributed by atoms with E-state index in [1.54, 1.807) is 52.5 Å². The zero-order chi connectivity index (χ0) is 29.3. The van der Waals surface area contributed by atoms with E-state index in [4.69, 9.17) is 0 Å². The zero-order valence-electron chi connectivity index (χ0n) is 24.1. The molecule has 0 bridgehead atoms. The zero-order valence-corrected chi connectivity index (χ0v) is 24.1. The predicted molar refractivity (Wildman–Crippen MR) is 169 cm³/mol. The van der Waals surface area contributed by atoms with E-state index in [1.807, 2.05) is 64.1 Å². The van der Waals surface area contributed by atoms with Crippen LogP contribution in [0.2, 0.25) is 0 Å². The third kappa shape index (κ3) is 11.6. The van der Waals surface area contributed by atoms with Gasteiger partial charge in [0.05, 0.1) is 69.5 Å². The van der Waals surface area contributed by atoms with Crippen molar-refractivity contribution in [2.45, 2.75) is 55.4 Å². The van der Waals surface area contributed by atoms with Gasteiger partial charge >= 0.3 is 0 Å². The summed E-state index contributed by atoms with van der Waals surface area (Å²) in [6.45, 7) is 14.5. The number of hydrogen-bond acceptors (Lipinski definition) is 12. The molecule has 0 aliphatic rings. The molecule has 0 saturated heterocycles. The first-order valence-electron chi connectivity index (χ1n) is 12.4. The van der Waals surface area contributed by atoms with Crippen molar-refractivity contribution >= 4 is 58.1 Å². The smallest absolute Gasteiger partial charge is 0.0831 e. The van der Waals surface area contributed by atoms with Crippen molar-refractivity contribution in [2.75, 3.05) is 0 Å². The van der Waals surface area contributed by atoms with Crippen LogP contribution in [0.3, 0.4) is 0 Å². The standard InChI is InChI=1S/C28H34N12/c1-19(33-31-17-27-13-9-11-15-29-27)21(3)35-37-23(5)25(7)39-40-26(8)24(6)38-36-22(4)20(2)34-32-18-28-14-10-12-16-30-28/h9-18H,1-8H3/b31-17+,32-18+,33-19-,34-20+,35-21+,36-22-,37-23-,38-24+,39-25+,40-26-. The second-order valence-electron chi connectivity index (χ2n) is 8.48. The van der Waals surface area contributed by atoms with Crippen LogP contribution in [0.1, 0.15) is 66.8 Å². The van der Waals surface area contributed by atoms with E-state index in [1.165, 1.54) is 0 Å². The fourth-order valence-electron chi connectivity index (χ4n) is 2.28. The van der Waals surface area contributed by atoms with E-state index in [-0.39, 0.29) is 0 Å². The van der Waals surface area contributed by atoms with Crippen LogP contribution in [0.15, 0.2) is 99.8 Å². The summed E-state index contributed by atoms with van der Waals surface area (Å²) in [5.74, 6) is 0. The molecule has 0 spiro atoms. The second kappa shape index (κ2) is 16.8. The first-order chi connectivity index (χ1) is 19.2. The summed E-state index contributed by atoms with van der Waals surface area (Å²) >= 11 is 0. The van der Waals surface area contributed by atoms with Gasteiger partial charge in [0.1, 0.15) is 0 Å². The molecule has 0 aliphatic carbocycles. The maximum atomic E-state index is 4.25. The lowest BCUT2D eigenvalue weighted by molar-refractivity contribution is 1.19. The lowest BCUT2D eigenvalue weighted by Crippen LogP contribution is -2.10. The first-order valence-corrected chi connectivity index (χ1v) is 12.4. The Morgan fingerprint density at radius 1 is 0.425 bits per heavy atom. The van der Waals surface area contributed by atoms with Crippen molar-refractivity contribution in [3.05, 3.63) is 60.2 Å². The molecular formula is C28H34N12. The van der Waals surface area contributed by atoms with Crippen LogP contribution >= 0.6 is 0 Å². The highest BCUT2D eigenvalue weighted by atomic mass is 15.3. The quantitative estimate of drug-likeness (QED) is 0.283. The number of hydrogen-bond donors (Lipinski definition) is 0. The molecule has 0 unspecified atom stereocenters. The Morgan fingerprint density at radius 2 is 0.700 bits per heavy atom. The van der Waals surface area contributed by atoms with Crippen LogP contribution < -0.4 is 0 Å². The van der Waals surface area contributed by atoms with E-state index in [9.17, 15) is 0 Å². The van der Waals surface area contributed by atoms with Gasteiger partial charge in [-0.05, 0) is 79.7 Å². The molecule has 12 heteroatoms. The van der Waals surface area contributed by atoms with Gasteiger partial charge in [0, 0.05) is 12.4 Å². The van der Waals surface area contributed by atoms with Crippen LogP contribution in [0, 0.1) is 0 Å². The average Bonchev–Trinajstić information content (AvgIpc) is 2.97. The summed E-state index contributed by atoms with van der Waals surface area (Å²) in [4.78, 5) is 8.33. The average molecular weight is 539 g/mol. The van der Waals surface area contributed by atoms with Crippen molar-refractivity contribution < 1.29 is 0 Å². The van der Waals surface area contributed by atoms with Gasteiger partial charge in [0.2, 0.25) is 0 Å². The first kappa shape index (κ1) is 31.2. The summed E-state index contributed by atoms with van der Waals surface area (Å²) in [5.41, 5.74) is 6.41. The molecule has 0 aromatic carbocycles. The number of rotatable bonds is 11. The van der Waals surface area contributed by atoms with E-state index in [0.717, 1.165) is 11.4 Å². The summed E-state index contributed by atoms with van der Waals surface area (Å²) in [7, 11) is 0. The van der Waals surface area contributed by atoms with E-state index in [2.05, 4.69) is 61.0 Å². The maximum absolute atomic E-state index is 4.25. The summed E-state index contributed by atoms with van der Waals surface area (Å²) in [6.07, 6.45) is 6.55. The van der Waals surface area contributed by atoms with Crippen molar-refractivity contribution in [1.82, 2.24) is 9.97 Å². The summed E-state index contributed by atoms with van der Waals surface area (Å²) < 4.78 is 0. The Morgan fingerprint density at radius 3 is 0.950 bits per heavy atom. The van der Waals surface area contributed by atoms with Crippen molar-refractivity contribution in [3.8, 4) is 0 Å². The molecule has 0 amide bonds. The van der Waals surface area contributed by atoms with Crippen LogP contribution in [0.25, 0.3) is 0 Å². The van der Waals surface area contributed by atoms with Crippen LogP contribution in [-0.4, -0.2) is 68.1 Å². The Hall–Kier alpha value is -5.00. The Bertz CT molecular complexity index is 1330. The Labute approximate surface area is 234 Å². The van der Waals surface area contributed by atoms with Crippen LogP contribution in [0.5, 0.6) is 0 Å². The highest BCUT2D eigenvalue weighted by molar-refractivity contribution is 6.44. The SMILES string of the molecule is CC(=N/N=C/c1ccccn1)/C(C)=N/N=C(C)\C(C)=N\N=C(C)/C(C)=N/N=C(C)\C(C)=N\N=C\c1ccccn1. The van der Waals surface area contributed by atoms with Gasteiger partial charge in [-0.3, -0.25) is 9.97 Å². The van der Waals surface area contributed by atoms with Gasteiger partial charge in [-0.2, -0.15) is 51.0 Å². The highest BCUT2D eigenvalue weighted by Crippen LogP contribution is 1.96. The largest absolute Gasteiger partial charge is 0.255 e. The predicted octanol–water partition coefficient (Wildman–Crippen LogP) is 5.28. The second-order valence-corrected chi connectivity index (χ2v) is 8.48. The van der Waals surface area contributed by atoms with Gasteiger partial charge < -0.3 is 0 Å². The van der Waals surface area contributed by atoms with Gasteiger partial charge in [0.25, 0.3) is 0 Å². The molecule has 206 valence electrons. The van der Waals surface area contributed by atoms with Gasteiger partial charge in [0.15, 0.2) is 0 Å². The molecule has 0 radical (unpaired) electrons. The van der Waals surface area contributed by atoms with Gasteiger partial charge in [-0.1, -0.05) is 12.1 Å². The maximum Gasteiger partial charge on any atom is 0.0831 e. The molecule has 40 heavy (non-hydrogen) atoms. The number of pyridine rings is 2. The van der Waals surface area contributed by atoms with Crippen LogP contribution in [0.4, 0.5) is 0 Å². The van der Waals surface area contributed by atoms with Crippen molar-refractivity contribution in [1.29, 1.82) is 0 Å². The lowest BCUT2D eigenvalue weighted by Gasteiger charge is -1.99. The summed E-state index contributed by atoms with van der Waals surface area (Å²) in [5, 5.41) is 41.8. The lowest BCUT2D eigenvalue weighted by atomic mass is 10.3. The van der Waals surface area contributed by atoms with E-state index in [0.29, 0.717) is 45.7 Å². The highest BCUT2D eigenvalue weighted by Gasteiger charge is 2.02. The topological polar surface area (TPSA) is 149 Å². The number of aromatic nitrogens is 2. The third-order valence-corrected chi connectivity index (χ3v) is 5.32. The van der Waals surface area contributed by atoms with Crippen molar-refractivity contribution in [3.63, 3.8) is 0 Å². The molecule has 12 nitrogen and oxygen atoms in total. The molecule has 0 atom stereocenters. The van der Waals surface area contributed by atoms with Crippen molar-refractivity contribution in [2.24, 2.45) is 51.0 Å². The molecule has 0 fully saturated rings. The van der Waals surface area contributed by atoms with Crippen LogP contribution in [-0.2, 0) is 0 Å². The molecule has 0 aliphatic heterocycles. The molecule has 2 aromatic heterocycles. The van der Waals surface area contributed by atoms with E-state index >= 15 is 0 Å². The Balaban J connectivity index is 2.01. The minimum Gasteiger partial charge on any atom is -0.255 e. The molecule has 0 N–H and O–H groups in total. The monoisotopic (exact) mass is 538 g/mol. The molecule has 2 heterocycles. The third-order valence-electron chi connectivity index (χ3n) is 5.32. The van der Waals surface area contributed by atoms with Gasteiger partial charge in [-0.25, -0.2) is 0 Å². The normalized spacial score (nSPS) is 15.5. The van der Waals surface area contributed by atoms with E-state index < -0.39 is 0 Å². The van der Waals surface area contributed by atoms with Gasteiger partial charge in [-0.15, -0.1) is 0 Å². The fraction of sp³-hybridized carbons (Fsp3) is 0.286. The number of nitrogens with zero attached hydrogens (tertiary/aromatic N) is 12. The molecular weight excluding hydrogens is 504 g/mol. The Kier molecular flexibility index (Phi) is 13.1. The molecule has 2 aromatic rings. The minimum atomic E-state index is 0.611. The fourth-order valence-corrected chi connectivity index (χ4v) is 2.28. The minimum absolute atomic E-state index is 0.611. The summed E-state index contributed by atoms with van der Waals surface area (Å²) in [6, 6.07) is 11.1.